The molecule has 0 radical (unpaired) electrons. The Balaban J connectivity index is 2.10. The number of hydrazine groups is 1. The highest BCUT2D eigenvalue weighted by Gasteiger charge is 2.27. The van der Waals surface area contributed by atoms with E-state index in [-0.39, 0.29) is 18.0 Å². The molecule has 0 aliphatic carbocycles. The number of nitrogens with one attached hydrogen (secondary N) is 1. The van der Waals surface area contributed by atoms with Crippen LogP contribution < -0.4 is 11.3 Å². The van der Waals surface area contributed by atoms with E-state index in [1.54, 1.807) is 12.1 Å². The quantitative estimate of drug-likeness (QED) is 0.645. The second-order valence-corrected chi connectivity index (χ2v) is 5.26. The average molecular weight is 288 g/mol. The first kappa shape index (κ1) is 14.7. The minimum atomic E-state index is -0.308. The molecule has 2 atom stereocenters. The number of hydrogen-bond donors (Lipinski definition) is 2. The van der Waals surface area contributed by atoms with Crippen LogP contribution in [0.25, 0.3) is 0 Å². The van der Waals surface area contributed by atoms with Crippen molar-refractivity contribution in [1.82, 2.24) is 10.3 Å². The van der Waals surface area contributed by atoms with Gasteiger partial charge in [0.1, 0.15) is 5.82 Å². The summed E-state index contributed by atoms with van der Waals surface area (Å²) in [4.78, 5) is 2.17. The maximum absolute atomic E-state index is 13.8. The van der Waals surface area contributed by atoms with E-state index in [1.807, 2.05) is 7.05 Å². The van der Waals surface area contributed by atoms with Gasteiger partial charge in [0.25, 0.3) is 0 Å². The molecule has 2 unspecified atom stereocenters. The standard InChI is InChI=1S/C13H19ClFN3O/c1-18-5-6-19-13(8-18)12(17-16)7-9-10(14)3-2-4-11(9)15/h2-4,12-13,17H,5-8,16H2,1H3. The Bertz CT molecular complexity index is 412. The topological polar surface area (TPSA) is 50.5 Å². The molecule has 1 heterocycles. The summed E-state index contributed by atoms with van der Waals surface area (Å²) in [5.74, 6) is 5.27. The van der Waals surface area contributed by atoms with Crippen molar-refractivity contribution in [3.63, 3.8) is 0 Å². The van der Waals surface area contributed by atoms with E-state index in [2.05, 4.69) is 10.3 Å². The SMILES string of the molecule is CN1CCOC(C(Cc2c(F)cccc2Cl)NN)C1. The second kappa shape index (κ2) is 6.63. The van der Waals surface area contributed by atoms with Crippen LogP contribution in [0, 0.1) is 5.82 Å². The zero-order valence-corrected chi connectivity index (χ0v) is 11.7. The maximum atomic E-state index is 13.8. The number of hydrogen-bond acceptors (Lipinski definition) is 4. The van der Waals surface area contributed by atoms with Crippen molar-refractivity contribution in [3.8, 4) is 0 Å². The number of ether oxygens (including phenoxy) is 1. The van der Waals surface area contributed by atoms with E-state index >= 15 is 0 Å². The number of nitrogens with two attached hydrogens (primary N) is 1. The fraction of sp³-hybridized carbons (Fsp3) is 0.538. The number of likely N-dealkylation sites (N-methyl/N-ethyl adjacent to an activating group) is 1. The largest absolute Gasteiger partial charge is 0.374 e. The van der Waals surface area contributed by atoms with E-state index in [0.29, 0.717) is 23.6 Å². The second-order valence-electron chi connectivity index (χ2n) is 4.85. The molecule has 0 spiro atoms. The van der Waals surface area contributed by atoms with E-state index < -0.39 is 0 Å². The van der Waals surface area contributed by atoms with Crippen LogP contribution in [0.2, 0.25) is 5.02 Å². The Labute approximate surface area is 117 Å². The summed E-state index contributed by atoms with van der Waals surface area (Å²) >= 11 is 6.04. The van der Waals surface area contributed by atoms with Crippen molar-refractivity contribution in [3.05, 3.63) is 34.6 Å². The molecule has 6 heteroatoms. The van der Waals surface area contributed by atoms with Crippen LogP contribution in [-0.4, -0.2) is 43.8 Å². The fourth-order valence-corrected chi connectivity index (χ4v) is 2.54. The van der Waals surface area contributed by atoms with Gasteiger partial charge in [-0.3, -0.25) is 11.3 Å². The van der Waals surface area contributed by atoms with Gasteiger partial charge < -0.3 is 9.64 Å². The summed E-state index contributed by atoms with van der Waals surface area (Å²) in [6.45, 7) is 2.32. The molecule has 2 rings (SSSR count). The zero-order chi connectivity index (χ0) is 13.8. The van der Waals surface area contributed by atoms with Gasteiger partial charge in [-0.15, -0.1) is 0 Å². The average Bonchev–Trinajstić information content (AvgIpc) is 2.38. The van der Waals surface area contributed by atoms with E-state index in [1.165, 1.54) is 6.07 Å². The van der Waals surface area contributed by atoms with Crippen LogP contribution in [0.4, 0.5) is 4.39 Å². The normalized spacial score (nSPS) is 22.4. The van der Waals surface area contributed by atoms with Crippen molar-refractivity contribution >= 4 is 11.6 Å². The molecule has 1 aliphatic heterocycles. The van der Waals surface area contributed by atoms with Gasteiger partial charge in [-0.05, 0) is 25.6 Å². The predicted octanol–water partition coefficient (Wildman–Crippen LogP) is 1.18. The van der Waals surface area contributed by atoms with Gasteiger partial charge in [0.2, 0.25) is 0 Å². The van der Waals surface area contributed by atoms with Gasteiger partial charge in [-0.2, -0.15) is 0 Å². The number of rotatable bonds is 4. The maximum Gasteiger partial charge on any atom is 0.127 e. The van der Waals surface area contributed by atoms with Gasteiger partial charge >= 0.3 is 0 Å². The highest BCUT2D eigenvalue weighted by Crippen LogP contribution is 2.22. The fourth-order valence-electron chi connectivity index (χ4n) is 2.30. The summed E-state index contributed by atoms with van der Waals surface area (Å²) in [6, 6.07) is 4.51. The summed E-state index contributed by atoms with van der Waals surface area (Å²) in [7, 11) is 2.03. The van der Waals surface area contributed by atoms with Gasteiger partial charge in [0.05, 0.1) is 18.8 Å². The first-order valence-corrected chi connectivity index (χ1v) is 6.68. The summed E-state index contributed by atoms with van der Waals surface area (Å²) < 4.78 is 19.5. The molecule has 1 fully saturated rings. The van der Waals surface area contributed by atoms with Crippen LogP contribution in [0.1, 0.15) is 5.56 Å². The minimum Gasteiger partial charge on any atom is -0.374 e. The Morgan fingerprint density at radius 1 is 1.63 bits per heavy atom. The van der Waals surface area contributed by atoms with Crippen LogP contribution in [0.3, 0.4) is 0 Å². The lowest BCUT2D eigenvalue weighted by Gasteiger charge is -2.35. The third kappa shape index (κ3) is 3.64. The molecule has 4 nitrogen and oxygen atoms in total. The molecular formula is C13H19ClFN3O. The Morgan fingerprint density at radius 2 is 2.42 bits per heavy atom. The van der Waals surface area contributed by atoms with E-state index in [4.69, 9.17) is 22.2 Å². The molecular weight excluding hydrogens is 269 g/mol. The number of halogens is 2. The monoisotopic (exact) mass is 287 g/mol. The molecule has 19 heavy (non-hydrogen) atoms. The molecule has 1 aromatic rings. The van der Waals surface area contributed by atoms with Crippen molar-refractivity contribution in [2.45, 2.75) is 18.6 Å². The highest BCUT2D eigenvalue weighted by atomic mass is 35.5. The van der Waals surface area contributed by atoms with Crippen molar-refractivity contribution < 1.29 is 9.13 Å². The summed E-state index contributed by atoms with van der Waals surface area (Å²) in [5.41, 5.74) is 3.19. The number of morpholine rings is 1. The first-order chi connectivity index (χ1) is 9.11. The minimum absolute atomic E-state index is 0.0700. The van der Waals surface area contributed by atoms with Gasteiger partial charge in [0.15, 0.2) is 0 Å². The number of nitrogens with zero attached hydrogens (tertiary/aromatic N) is 1. The van der Waals surface area contributed by atoms with Gasteiger partial charge in [-0.1, -0.05) is 17.7 Å². The Kier molecular flexibility index (Phi) is 5.13. The van der Waals surface area contributed by atoms with Gasteiger partial charge in [0, 0.05) is 23.7 Å². The molecule has 1 aliphatic rings. The number of benzene rings is 1. The first-order valence-electron chi connectivity index (χ1n) is 6.31. The zero-order valence-electron chi connectivity index (χ0n) is 10.9. The third-order valence-corrected chi connectivity index (χ3v) is 3.80. The molecule has 106 valence electrons. The third-order valence-electron chi connectivity index (χ3n) is 3.45. The lowest BCUT2D eigenvalue weighted by molar-refractivity contribution is -0.0385. The lowest BCUT2D eigenvalue weighted by Crippen LogP contribution is -2.54. The van der Waals surface area contributed by atoms with Crippen LogP contribution in [0.15, 0.2) is 18.2 Å². The van der Waals surface area contributed by atoms with Gasteiger partial charge in [-0.25, -0.2) is 4.39 Å². The van der Waals surface area contributed by atoms with Crippen molar-refractivity contribution in [2.24, 2.45) is 5.84 Å². The molecule has 0 saturated carbocycles. The van der Waals surface area contributed by atoms with Crippen LogP contribution in [-0.2, 0) is 11.2 Å². The summed E-state index contributed by atoms with van der Waals surface area (Å²) in [5, 5.41) is 0.421. The smallest absolute Gasteiger partial charge is 0.127 e. The Hall–Kier alpha value is -0.720. The van der Waals surface area contributed by atoms with Crippen molar-refractivity contribution in [2.75, 3.05) is 26.7 Å². The van der Waals surface area contributed by atoms with Crippen LogP contribution >= 0.6 is 11.6 Å². The van der Waals surface area contributed by atoms with E-state index in [0.717, 1.165) is 13.1 Å². The summed E-state index contributed by atoms with van der Waals surface area (Å²) in [6.07, 6.45) is 0.333. The molecule has 1 saturated heterocycles. The van der Waals surface area contributed by atoms with Crippen molar-refractivity contribution in [1.29, 1.82) is 0 Å². The molecule has 1 aromatic carbocycles. The van der Waals surface area contributed by atoms with E-state index in [9.17, 15) is 4.39 Å². The molecule has 0 amide bonds. The molecule has 0 aromatic heterocycles. The Morgan fingerprint density at radius 3 is 3.05 bits per heavy atom. The lowest BCUT2D eigenvalue weighted by atomic mass is 10.00. The molecule has 3 N–H and O–H groups in total. The van der Waals surface area contributed by atoms with Crippen LogP contribution in [0.5, 0.6) is 0 Å². The highest BCUT2D eigenvalue weighted by molar-refractivity contribution is 6.31. The molecule has 0 bridgehead atoms. The predicted molar refractivity (Wildman–Crippen MR) is 73.5 cm³/mol.